The van der Waals surface area contributed by atoms with Gasteiger partial charge in [0.05, 0.1) is 25.1 Å². The summed E-state index contributed by atoms with van der Waals surface area (Å²) < 4.78 is 37.7. The van der Waals surface area contributed by atoms with Crippen LogP contribution in [0.2, 0.25) is 0 Å². The van der Waals surface area contributed by atoms with E-state index in [1.165, 1.54) is 0 Å². The minimum absolute atomic E-state index is 0.0686. The van der Waals surface area contributed by atoms with Crippen LogP contribution in [0.25, 0.3) is 0 Å². The zero-order valence-electron chi connectivity index (χ0n) is 20.4. The molecule has 0 saturated carbocycles. The summed E-state index contributed by atoms with van der Waals surface area (Å²) in [6, 6.07) is 13.6. The van der Waals surface area contributed by atoms with Gasteiger partial charge in [-0.05, 0) is 54.7 Å². The van der Waals surface area contributed by atoms with Crippen LogP contribution in [-0.4, -0.2) is 46.4 Å². The lowest BCUT2D eigenvalue weighted by atomic mass is 9.86. The van der Waals surface area contributed by atoms with Crippen LogP contribution in [0, 0.1) is 0 Å². The van der Waals surface area contributed by atoms with E-state index in [0.29, 0.717) is 24.5 Å². The number of nitrogens with one attached hydrogen (secondary N) is 1. The summed E-state index contributed by atoms with van der Waals surface area (Å²) in [6.07, 6.45) is 1.42. The number of anilines is 1. The van der Waals surface area contributed by atoms with Crippen molar-refractivity contribution < 1.29 is 22.7 Å². The molecule has 0 aromatic heterocycles. The van der Waals surface area contributed by atoms with Gasteiger partial charge >= 0.3 is 0 Å². The zero-order valence-corrected chi connectivity index (χ0v) is 21.2. The third-order valence-electron chi connectivity index (χ3n) is 5.09. The molecule has 0 aliphatic carbocycles. The predicted molar refractivity (Wildman–Crippen MR) is 133 cm³/mol. The van der Waals surface area contributed by atoms with E-state index in [1.807, 2.05) is 31.2 Å². The van der Waals surface area contributed by atoms with E-state index in [9.17, 15) is 13.2 Å². The highest BCUT2D eigenvalue weighted by molar-refractivity contribution is 7.92. The number of nitrogens with zero attached hydrogens (tertiary/aromatic N) is 1. The number of sulfonamides is 1. The van der Waals surface area contributed by atoms with Gasteiger partial charge < -0.3 is 14.8 Å². The first-order valence-electron chi connectivity index (χ1n) is 11.2. The third kappa shape index (κ3) is 7.39. The Kier molecular flexibility index (Phi) is 9.16. The van der Waals surface area contributed by atoms with E-state index in [1.54, 1.807) is 31.2 Å². The van der Waals surface area contributed by atoms with Crippen molar-refractivity contribution in [1.82, 2.24) is 5.32 Å². The summed E-state index contributed by atoms with van der Waals surface area (Å²) in [4.78, 5) is 12.9. The molecule has 0 fully saturated rings. The molecule has 0 saturated heterocycles. The molecule has 1 N–H and O–H groups in total. The quantitative estimate of drug-likeness (QED) is 0.493. The summed E-state index contributed by atoms with van der Waals surface area (Å²) in [6.45, 7) is 11.0. The maximum Gasteiger partial charge on any atom is 0.244 e. The van der Waals surface area contributed by atoms with Crippen LogP contribution in [0.15, 0.2) is 48.5 Å². The van der Waals surface area contributed by atoms with Gasteiger partial charge in [0.1, 0.15) is 24.1 Å². The van der Waals surface area contributed by atoms with Crippen molar-refractivity contribution in [2.75, 3.05) is 30.3 Å². The van der Waals surface area contributed by atoms with Crippen LogP contribution < -0.4 is 19.1 Å². The Morgan fingerprint density at radius 2 is 1.67 bits per heavy atom. The number of para-hydroxylation sites is 1. The molecule has 182 valence electrons. The minimum atomic E-state index is -3.69. The Morgan fingerprint density at radius 3 is 2.21 bits per heavy atom. The summed E-state index contributed by atoms with van der Waals surface area (Å²) in [7, 11) is -3.69. The number of rotatable bonds is 11. The van der Waals surface area contributed by atoms with Crippen molar-refractivity contribution >= 4 is 21.6 Å². The SMILES string of the molecule is CCOc1ccc(N([C@@H](CC)C(=O)NCCOc2ccccc2C(C)(C)C)S(C)(=O)=O)cc1. The fourth-order valence-electron chi connectivity index (χ4n) is 3.58. The van der Waals surface area contributed by atoms with Gasteiger partial charge in [0.2, 0.25) is 15.9 Å². The average molecular weight is 477 g/mol. The fourth-order valence-corrected chi connectivity index (χ4v) is 4.79. The van der Waals surface area contributed by atoms with E-state index in [-0.39, 0.29) is 24.5 Å². The van der Waals surface area contributed by atoms with Gasteiger partial charge in [0.25, 0.3) is 0 Å². The number of hydrogen-bond acceptors (Lipinski definition) is 5. The second-order valence-electron chi connectivity index (χ2n) is 8.80. The lowest BCUT2D eigenvalue weighted by Gasteiger charge is -2.30. The molecule has 7 nitrogen and oxygen atoms in total. The van der Waals surface area contributed by atoms with Crippen molar-refractivity contribution in [2.24, 2.45) is 0 Å². The number of benzene rings is 2. The number of hydrogen-bond donors (Lipinski definition) is 1. The summed E-state index contributed by atoms with van der Waals surface area (Å²) in [5, 5.41) is 2.82. The molecule has 2 rings (SSSR count). The van der Waals surface area contributed by atoms with E-state index in [0.717, 1.165) is 21.9 Å². The van der Waals surface area contributed by atoms with Crippen LogP contribution >= 0.6 is 0 Å². The average Bonchev–Trinajstić information content (AvgIpc) is 2.74. The highest BCUT2D eigenvalue weighted by atomic mass is 32.2. The van der Waals surface area contributed by atoms with Gasteiger partial charge in [-0.15, -0.1) is 0 Å². The summed E-state index contributed by atoms with van der Waals surface area (Å²) in [5.74, 6) is 1.04. The predicted octanol–water partition coefficient (Wildman–Crippen LogP) is 4.12. The van der Waals surface area contributed by atoms with E-state index in [4.69, 9.17) is 9.47 Å². The van der Waals surface area contributed by atoms with Crippen molar-refractivity contribution in [2.45, 2.75) is 52.5 Å². The van der Waals surface area contributed by atoms with Gasteiger partial charge in [-0.25, -0.2) is 8.42 Å². The maximum absolute atomic E-state index is 12.9. The van der Waals surface area contributed by atoms with Crippen LogP contribution in [0.5, 0.6) is 11.5 Å². The van der Waals surface area contributed by atoms with Gasteiger partial charge in [0.15, 0.2) is 0 Å². The maximum atomic E-state index is 12.9. The molecule has 0 bridgehead atoms. The minimum Gasteiger partial charge on any atom is -0.494 e. The Labute approximate surface area is 198 Å². The van der Waals surface area contributed by atoms with Crippen LogP contribution in [0.3, 0.4) is 0 Å². The van der Waals surface area contributed by atoms with Gasteiger partial charge in [-0.1, -0.05) is 45.9 Å². The Bertz CT molecular complexity index is 1010. The lowest BCUT2D eigenvalue weighted by molar-refractivity contribution is -0.122. The smallest absolute Gasteiger partial charge is 0.244 e. The highest BCUT2D eigenvalue weighted by Crippen LogP contribution is 2.31. The number of amides is 1. The molecule has 0 heterocycles. The molecular weight excluding hydrogens is 440 g/mol. The number of carbonyl (C=O) groups excluding carboxylic acids is 1. The van der Waals surface area contributed by atoms with Crippen LogP contribution in [0.4, 0.5) is 5.69 Å². The molecular formula is C25H36N2O5S. The van der Waals surface area contributed by atoms with Crippen molar-refractivity contribution in [3.05, 3.63) is 54.1 Å². The Morgan fingerprint density at radius 1 is 1.03 bits per heavy atom. The number of ether oxygens (including phenoxy) is 2. The zero-order chi connectivity index (χ0) is 24.6. The molecule has 1 amide bonds. The first kappa shape index (κ1) is 26.5. The van der Waals surface area contributed by atoms with E-state index in [2.05, 4.69) is 26.1 Å². The van der Waals surface area contributed by atoms with Crippen molar-refractivity contribution in [3.8, 4) is 11.5 Å². The second-order valence-corrected chi connectivity index (χ2v) is 10.7. The van der Waals surface area contributed by atoms with Crippen molar-refractivity contribution in [1.29, 1.82) is 0 Å². The first-order valence-corrected chi connectivity index (χ1v) is 13.1. The Hall–Kier alpha value is -2.74. The standard InChI is InChI=1S/C25H36N2O5S/c1-7-22(27(33(6,29)30)19-13-15-20(16-14-19)31-8-2)24(28)26-17-18-32-23-12-10-9-11-21(23)25(3,4)5/h9-16,22H,7-8,17-18H2,1-6H3,(H,26,28)/t22-/m0/s1. The monoisotopic (exact) mass is 476 g/mol. The van der Waals surface area contributed by atoms with Crippen LogP contribution in [-0.2, 0) is 20.2 Å². The van der Waals surface area contributed by atoms with Gasteiger partial charge in [0, 0.05) is 0 Å². The largest absolute Gasteiger partial charge is 0.494 e. The fraction of sp³-hybridized carbons (Fsp3) is 0.480. The van der Waals surface area contributed by atoms with E-state index < -0.39 is 16.1 Å². The molecule has 1 atom stereocenters. The summed E-state index contributed by atoms with van der Waals surface area (Å²) >= 11 is 0. The van der Waals surface area contributed by atoms with Gasteiger partial charge in [-0.3, -0.25) is 9.10 Å². The lowest BCUT2D eigenvalue weighted by Crippen LogP contribution is -2.50. The number of carbonyl (C=O) groups is 1. The molecule has 2 aromatic rings. The molecule has 0 radical (unpaired) electrons. The first-order chi connectivity index (χ1) is 15.5. The molecule has 8 heteroatoms. The van der Waals surface area contributed by atoms with Gasteiger partial charge in [-0.2, -0.15) is 0 Å². The third-order valence-corrected chi connectivity index (χ3v) is 6.27. The molecule has 0 unspecified atom stereocenters. The van der Waals surface area contributed by atoms with Crippen molar-refractivity contribution in [3.63, 3.8) is 0 Å². The molecule has 0 aliphatic rings. The summed E-state index contributed by atoms with van der Waals surface area (Å²) in [5.41, 5.74) is 1.43. The molecule has 0 spiro atoms. The normalized spacial score (nSPS) is 12.7. The van der Waals surface area contributed by atoms with Crippen LogP contribution in [0.1, 0.15) is 46.6 Å². The van der Waals surface area contributed by atoms with E-state index >= 15 is 0 Å². The highest BCUT2D eigenvalue weighted by Gasteiger charge is 2.31. The molecule has 33 heavy (non-hydrogen) atoms. The Balaban J connectivity index is 2.08. The second kappa shape index (κ2) is 11.4. The molecule has 0 aliphatic heterocycles. The topological polar surface area (TPSA) is 84.9 Å². The molecule has 2 aromatic carbocycles.